The molecule has 65 valence electrons. The van der Waals surface area contributed by atoms with Gasteiger partial charge in [0.2, 0.25) is 0 Å². The van der Waals surface area contributed by atoms with E-state index in [0.29, 0.717) is 10.6 Å². The molecule has 0 aliphatic carbocycles. The zero-order valence-corrected chi connectivity index (χ0v) is 7.78. The first-order valence-electron chi connectivity index (χ1n) is 3.07. The van der Waals surface area contributed by atoms with Gasteiger partial charge in [0, 0.05) is 11.1 Å². The number of rotatable bonds is 1. The van der Waals surface area contributed by atoms with Crippen LogP contribution in [-0.2, 0) is 10.1 Å². The van der Waals surface area contributed by atoms with Gasteiger partial charge in [-0.25, -0.2) is 0 Å². The quantitative estimate of drug-likeness (QED) is 0.710. The molecule has 0 unspecified atom stereocenters. The summed E-state index contributed by atoms with van der Waals surface area (Å²) in [4.78, 5) is -0.269. The van der Waals surface area contributed by atoms with Crippen LogP contribution in [0.1, 0.15) is 5.56 Å². The molecule has 0 fully saturated rings. The van der Waals surface area contributed by atoms with Gasteiger partial charge in [0.15, 0.2) is 0 Å². The van der Waals surface area contributed by atoms with Crippen molar-refractivity contribution in [3.05, 3.63) is 28.8 Å². The summed E-state index contributed by atoms with van der Waals surface area (Å²) >= 11 is 5.62. The molecular formula is C7H6ClO3S. The number of halogens is 1. The van der Waals surface area contributed by atoms with Gasteiger partial charge >= 0.3 is 0 Å². The monoisotopic (exact) mass is 205 g/mol. The second kappa shape index (κ2) is 3.05. The van der Waals surface area contributed by atoms with Gasteiger partial charge < -0.3 is 0 Å². The standard InChI is InChI=1S/C7H6ClO3S/c1-5-6(8)3-2-4-7(5)12(9,10)11/h2-3H,1H3,(H,9,10,11). The number of hydrogen-bond donors (Lipinski definition) is 1. The second-order valence-electron chi connectivity index (χ2n) is 2.25. The molecule has 12 heavy (non-hydrogen) atoms. The van der Waals surface area contributed by atoms with E-state index < -0.39 is 10.1 Å². The molecule has 0 saturated heterocycles. The van der Waals surface area contributed by atoms with Crippen molar-refractivity contribution in [2.24, 2.45) is 0 Å². The summed E-state index contributed by atoms with van der Waals surface area (Å²) < 4.78 is 30.0. The lowest BCUT2D eigenvalue weighted by Gasteiger charge is -2.01. The highest BCUT2D eigenvalue weighted by Crippen LogP contribution is 2.21. The highest BCUT2D eigenvalue weighted by Gasteiger charge is 2.14. The zero-order chi connectivity index (χ0) is 9.35. The van der Waals surface area contributed by atoms with E-state index >= 15 is 0 Å². The molecule has 1 rings (SSSR count). The summed E-state index contributed by atoms with van der Waals surface area (Å²) in [5.41, 5.74) is 0.307. The molecule has 0 spiro atoms. The Morgan fingerprint density at radius 2 is 2.17 bits per heavy atom. The fraction of sp³-hybridized carbons (Fsp3) is 0.143. The van der Waals surface area contributed by atoms with Crippen LogP contribution < -0.4 is 0 Å². The molecule has 1 aromatic carbocycles. The Kier molecular flexibility index (Phi) is 2.41. The smallest absolute Gasteiger partial charge is 0.282 e. The Labute approximate surface area is 75.7 Å². The summed E-state index contributed by atoms with van der Waals surface area (Å²) in [5, 5.41) is 0.293. The minimum Gasteiger partial charge on any atom is -0.282 e. The van der Waals surface area contributed by atoms with Crippen molar-refractivity contribution < 1.29 is 13.0 Å². The van der Waals surface area contributed by atoms with E-state index in [1.54, 1.807) is 0 Å². The molecule has 0 heterocycles. The molecule has 0 saturated carbocycles. The molecule has 1 aromatic rings. The molecule has 1 N–H and O–H groups in total. The molecular weight excluding hydrogens is 200 g/mol. The molecule has 0 aliphatic rings. The Hall–Kier alpha value is -0.580. The van der Waals surface area contributed by atoms with E-state index in [1.807, 2.05) is 0 Å². The van der Waals surface area contributed by atoms with E-state index in [1.165, 1.54) is 19.1 Å². The van der Waals surface area contributed by atoms with Gasteiger partial charge in [-0.05, 0) is 18.6 Å². The van der Waals surface area contributed by atoms with Crippen molar-refractivity contribution in [3.8, 4) is 0 Å². The van der Waals surface area contributed by atoms with Crippen LogP contribution in [0.25, 0.3) is 0 Å². The Balaban J connectivity index is 3.47. The minimum absolute atomic E-state index is 0.269. The van der Waals surface area contributed by atoms with E-state index in [-0.39, 0.29) is 4.90 Å². The lowest BCUT2D eigenvalue weighted by Crippen LogP contribution is -2.00. The minimum atomic E-state index is -4.20. The van der Waals surface area contributed by atoms with E-state index in [0.717, 1.165) is 0 Å². The van der Waals surface area contributed by atoms with Gasteiger partial charge in [-0.15, -0.1) is 0 Å². The van der Waals surface area contributed by atoms with Crippen LogP contribution in [0.2, 0.25) is 5.02 Å². The van der Waals surface area contributed by atoms with Crippen molar-refractivity contribution in [2.75, 3.05) is 0 Å². The van der Waals surface area contributed by atoms with Crippen molar-refractivity contribution in [1.82, 2.24) is 0 Å². The number of benzene rings is 1. The first-order valence-corrected chi connectivity index (χ1v) is 4.89. The van der Waals surface area contributed by atoms with Gasteiger partial charge in [-0.3, -0.25) is 4.55 Å². The third-order valence-corrected chi connectivity index (χ3v) is 2.75. The largest absolute Gasteiger partial charge is 0.295 e. The molecule has 1 radical (unpaired) electrons. The highest BCUT2D eigenvalue weighted by atomic mass is 35.5. The summed E-state index contributed by atoms with van der Waals surface area (Å²) in [6.45, 7) is 1.50. The fourth-order valence-electron chi connectivity index (χ4n) is 0.800. The SMILES string of the molecule is Cc1c(S(=O)(=O)O)[c]ccc1Cl. The van der Waals surface area contributed by atoms with E-state index in [9.17, 15) is 8.42 Å². The predicted octanol–water partition coefficient (Wildman–Crippen LogP) is 1.70. The Morgan fingerprint density at radius 3 is 2.58 bits per heavy atom. The maximum Gasteiger partial charge on any atom is 0.295 e. The van der Waals surface area contributed by atoms with E-state index in [4.69, 9.17) is 16.2 Å². The van der Waals surface area contributed by atoms with Gasteiger partial charge in [0.25, 0.3) is 10.1 Å². The van der Waals surface area contributed by atoms with Crippen molar-refractivity contribution >= 4 is 21.7 Å². The highest BCUT2D eigenvalue weighted by molar-refractivity contribution is 7.85. The predicted molar refractivity (Wildman–Crippen MR) is 44.8 cm³/mol. The topological polar surface area (TPSA) is 54.4 Å². The molecule has 0 aromatic heterocycles. The Morgan fingerprint density at radius 1 is 1.58 bits per heavy atom. The molecule has 0 bridgehead atoms. The fourth-order valence-corrected chi connectivity index (χ4v) is 1.73. The number of hydrogen-bond acceptors (Lipinski definition) is 2. The van der Waals surface area contributed by atoms with Gasteiger partial charge in [-0.1, -0.05) is 17.7 Å². The van der Waals surface area contributed by atoms with E-state index in [2.05, 4.69) is 6.07 Å². The molecule has 5 heteroatoms. The second-order valence-corrected chi connectivity index (χ2v) is 4.02. The van der Waals surface area contributed by atoms with Crippen molar-refractivity contribution in [3.63, 3.8) is 0 Å². The third-order valence-electron chi connectivity index (χ3n) is 1.40. The maximum atomic E-state index is 10.7. The third kappa shape index (κ3) is 1.77. The van der Waals surface area contributed by atoms with Gasteiger partial charge in [0.1, 0.15) is 4.90 Å². The molecule has 0 amide bonds. The van der Waals surface area contributed by atoms with Crippen LogP contribution in [0.5, 0.6) is 0 Å². The zero-order valence-electron chi connectivity index (χ0n) is 6.20. The summed E-state index contributed by atoms with van der Waals surface area (Å²) in [7, 11) is -4.20. The first kappa shape index (κ1) is 9.51. The van der Waals surface area contributed by atoms with Gasteiger partial charge in [-0.2, -0.15) is 8.42 Å². The molecule has 0 atom stereocenters. The van der Waals surface area contributed by atoms with Crippen molar-refractivity contribution in [2.45, 2.75) is 11.8 Å². The average molecular weight is 206 g/mol. The first-order chi connectivity index (χ1) is 5.43. The summed E-state index contributed by atoms with van der Waals surface area (Å²) in [6, 6.07) is 5.25. The van der Waals surface area contributed by atoms with Crippen LogP contribution in [0.3, 0.4) is 0 Å². The van der Waals surface area contributed by atoms with Crippen LogP contribution >= 0.6 is 11.6 Å². The average Bonchev–Trinajstić information content (AvgIpc) is 1.92. The van der Waals surface area contributed by atoms with Gasteiger partial charge in [0.05, 0.1) is 0 Å². The normalized spacial score (nSPS) is 11.6. The summed E-state index contributed by atoms with van der Waals surface area (Å²) in [6.07, 6.45) is 0. The van der Waals surface area contributed by atoms with Crippen LogP contribution in [0.4, 0.5) is 0 Å². The maximum absolute atomic E-state index is 10.7. The van der Waals surface area contributed by atoms with Crippen LogP contribution in [0.15, 0.2) is 17.0 Å². The molecule has 3 nitrogen and oxygen atoms in total. The van der Waals surface area contributed by atoms with Crippen LogP contribution in [0, 0.1) is 13.0 Å². The lowest BCUT2D eigenvalue weighted by atomic mass is 10.2. The van der Waals surface area contributed by atoms with Crippen molar-refractivity contribution in [1.29, 1.82) is 0 Å². The molecule has 0 aliphatic heterocycles. The lowest BCUT2D eigenvalue weighted by molar-refractivity contribution is 0.482. The van der Waals surface area contributed by atoms with Crippen LogP contribution in [-0.4, -0.2) is 13.0 Å². The summed E-state index contributed by atoms with van der Waals surface area (Å²) in [5.74, 6) is 0. The Bertz CT molecular complexity index is 397.